The molecule has 1 atom stereocenters. The van der Waals surface area contributed by atoms with Crippen LogP contribution in [0.2, 0.25) is 5.02 Å². The highest BCUT2D eigenvalue weighted by molar-refractivity contribution is 6.61. The van der Waals surface area contributed by atoms with Crippen molar-refractivity contribution in [3.8, 4) is 0 Å². The lowest BCUT2D eigenvalue weighted by Gasteiger charge is -2.37. The maximum atomic E-state index is 13.4. The molecular formula is C26H32BClN2O4. The van der Waals surface area contributed by atoms with Crippen LogP contribution in [0.3, 0.4) is 0 Å². The number of nitrogens with zero attached hydrogens (tertiary/aromatic N) is 1. The predicted molar refractivity (Wildman–Crippen MR) is 141 cm³/mol. The highest BCUT2D eigenvalue weighted by Gasteiger charge is 2.29. The molecule has 180 valence electrons. The molecule has 1 saturated heterocycles. The Morgan fingerprint density at radius 2 is 1.82 bits per heavy atom. The molecule has 0 saturated carbocycles. The van der Waals surface area contributed by atoms with E-state index in [-0.39, 0.29) is 22.3 Å². The topological polar surface area (TPSA) is 85.9 Å². The van der Waals surface area contributed by atoms with E-state index in [1.54, 1.807) is 12.1 Å². The molecule has 2 heterocycles. The van der Waals surface area contributed by atoms with Gasteiger partial charge in [0.15, 0.2) is 5.43 Å². The summed E-state index contributed by atoms with van der Waals surface area (Å²) in [6.45, 7) is 12.0. The Bertz CT molecular complexity index is 1280. The Kier molecular flexibility index (Phi) is 6.73. The van der Waals surface area contributed by atoms with Gasteiger partial charge in [-0.25, -0.2) is 0 Å². The van der Waals surface area contributed by atoms with E-state index in [4.69, 9.17) is 16.0 Å². The van der Waals surface area contributed by atoms with E-state index in [9.17, 15) is 14.8 Å². The smallest absolute Gasteiger partial charge is 0.440 e. The fourth-order valence-corrected chi connectivity index (χ4v) is 4.86. The maximum Gasteiger partial charge on any atom is 0.490 e. The average molecular weight is 483 g/mol. The predicted octanol–water partition coefficient (Wildman–Crippen LogP) is 4.54. The SMILES string of the molecule is Cc1cc([C@H](C)Nc2ccc(Cl)cc2B(O)O)c2oc(N3CCC(C)(C)CC3)c(C)c(=O)c2c1. The van der Waals surface area contributed by atoms with Crippen LogP contribution in [-0.4, -0.2) is 30.3 Å². The minimum atomic E-state index is -1.67. The van der Waals surface area contributed by atoms with E-state index < -0.39 is 7.12 Å². The van der Waals surface area contributed by atoms with Gasteiger partial charge in [0.2, 0.25) is 5.88 Å². The highest BCUT2D eigenvalue weighted by Crippen LogP contribution is 2.35. The Labute approximate surface area is 205 Å². The molecular weight excluding hydrogens is 451 g/mol. The summed E-state index contributed by atoms with van der Waals surface area (Å²) in [6, 6.07) is 8.53. The van der Waals surface area contributed by atoms with Gasteiger partial charge in [-0.3, -0.25) is 4.79 Å². The van der Waals surface area contributed by atoms with Gasteiger partial charge >= 0.3 is 7.12 Å². The number of rotatable bonds is 5. The fraction of sp³-hybridized carbons (Fsp3) is 0.423. The van der Waals surface area contributed by atoms with Crippen LogP contribution in [0, 0.1) is 19.3 Å². The zero-order valence-corrected chi connectivity index (χ0v) is 21.2. The van der Waals surface area contributed by atoms with Crippen LogP contribution in [0.25, 0.3) is 11.0 Å². The zero-order chi connectivity index (χ0) is 24.8. The van der Waals surface area contributed by atoms with Crippen LogP contribution >= 0.6 is 11.6 Å². The van der Waals surface area contributed by atoms with Crippen LogP contribution in [0.15, 0.2) is 39.5 Å². The molecule has 4 rings (SSSR count). The van der Waals surface area contributed by atoms with E-state index >= 15 is 0 Å². The summed E-state index contributed by atoms with van der Waals surface area (Å²) in [4.78, 5) is 15.6. The van der Waals surface area contributed by atoms with Gasteiger partial charge in [0, 0.05) is 34.8 Å². The molecule has 3 N–H and O–H groups in total. The van der Waals surface area contributed by atoms with Crippen molar-refractivity contribution < 1.29 is 14.5 Å². The van der Waals surface area contributed by atoms with Crippen molar-refractivity contribution in [3.05, 3.63) is 62.3 Å². The van der Waals surface area contributed by atoms with Crippen LogP contribution in [0.5, 0.6) is 0 Å². The van der Waals surface area contributed by atoms with Crippen molar-refractivity contribution in [2.24, 2.45) is 5.41 Å². The van der Waals surface area contributed by atoms with E-state index in [0.717, 1.165) is 37.1 Å². The quantitative estimate of drug-likeness (QED) is 0.463. The van der Waals surface area contributed by atoms with Gasteiger partial charge in [0.05, 0.1) is 17.0 Å². The lowest BCUT2D eigenvalue weighted by Crippen LogP contribution is -2.38. The van der Waals surface area contributed by atoms with Gasteiger partial charge in [-0.05, 0) is 68.9 Å². The molecule has 8 heteroatoms. The third kappa shape index (κ3) is 4.83. The molecule has 0 spiro atoms. The summed E-state index contributed by atoms with van der Waals surface area (Å²) in [5, 5.41) is 23.9. The number of hydrogen-bond donors (Lipinski definition) is 3. The fourth-order valence-electron chi connectivity index (χ4n) is 4.68. The molecule has 1 aliphatic heterocycles. The third-order valence-corrected chi connectivity index (χ3v) is 7.14. The molecule has 1 aromatic heterocycles. The number of nitrogens with one attached hydrogen (secondary N) is 1. The largest absolute Gasteiger partial charge is 0.490 e. The summed E-state index contributed by atoms with van der Waals surface area (Å²) in [7, 11) is -1.67. The van der Waals surface area contributed by atoms with E-state index in [1.807, 2.05) is 32.9 Å². The second-order valence-corrected chi connectivity index (χ2v) is 10.7. The summed E-state index contributed by atoms with van der Waals surface area (Å²) in [5.41, 5.74) is 4.08. The van der Waals surface area contributed by atoms with Gasteiger partial charge < -0.3 is 24.7 Å². The second kappa shape index (κ2) is 9.29. The zero-order valence-electron chi connectivity index (χ0n) is 20.4. The number of benzene rings is 2. The normalized spacial score (nSPS) is 16.5. The number of piperidine rings is 1. The first-order valence-electron chi connectivity index (χ1n) is 11.7. The molecule has 34 heavy (non-hydrogen) atoms. The number of fused-ring (bicyclic) bond motifs is 1. The van der Waals surface area contributed by atoms with Crippen LogP contribution < -0.4 is 21.1 Å². The van der Waals surface area contributed by atoms with Crippen molar-refractivity contribution >= 4 is 46.7 Å². The van der Waals surface area contributed by atoms with E-state index in [1.165, 1.54) is 6.07 Å². The van der Waals surface area contributed by atoms with Gasteiger partial charge in [0.1, 0.15) is 5.58 Å². The Morgan fingerprint density at radius 3 is 2.47 bits per heavy atom. The number of hydrogen-bond acceptors (Lipinski definition) is 6. The molecule has 2 aromatic carbocycles. The molecule has 0 amide bonds. The molecule has 3 aromatic rings. The highest BCUT2D eigenvalue weighted by atomic mass is 35.5. The molecule has 0 unspecified atom stereocenters. The van der Waals surface area contributed by atoms with E-state index in [2.05, 4.69) is 24.1 Å². The van der Waals surface area contributed by atoms with Crippen molar-refractivity contribution in [3.63, 3.8) is 0 Å². The number of halogens is 1. The van der Waals surface area contributed by atoms with Crippen LogP contribution in [0.4, 0.5) is 11.6 Å². The molecule has 0 radical (unpaired) electrons. The van der Waals surface area contributed by atoms with Crippen molar-refractivity contribution in [2.75, 3.05) is 23.3 Å². The lowest BCUT2D eigenvalue weighted by atomic mass is 9.79. The first kappa shape index (κ1) is 24.6. The van der Waals surface area contributed by atoms with Gasteiger partial charge in [-0.2, -0.15) is 0 Å². The summed E-state index contributed by atoms with van der Waals surface area (Å²) in [5.74, 6) is 0.642. The third-order valence-electron chi connectivity index (χ3n) is 6.90. The van der Waals surface area contributed by atoms with Crippen LogP contribution in [-0.2, 0) is 0 Å². The maximum absolute atomic E-state index is 13.4. The minimum absolute atomic E-state index is 0.0174. The molecule has 0 aliphatic carbocycles. The number of aryl methyl sites for hydroxylation is 1. The van der Waals surface area contributed by atoms with Crippen molar-refractivity contribution in [1.82, 2.24) is 0 Å². The Morgan fingerprint density at radius 1 is 1.15 bits per heavy atom. The molecule has 0 bridgehead atoms. The van der Waals surface area contributed by atoms with Crippen molar-refractivity contribution in [2.45, 2.75) is 53.5 Å². The molecule has 6 nitrogen and oxygen atoms in total. The summed E-state index contributed by atoms with van der Waals surface area (Å²) >= 11 is 6.05. The molecule has 1 fully saturated rings. The van der Waals surface area contributed by atoms with Gasteiger partial charge in [-0.15, -0.1) is 0 Å². The van der Waals surface area contributed by atoms with Gasteiger partial charge in [0.25, 0.3) is 0 Å². The minimum Gasteiger partial charge on any atom is -0.440 e. The summed E-state index contributed by atoms with van der Waals surface area (Å²) < 4.78 is 6.49. The summed E-state index contributed by atoms with van der Waals surface area (Å²) in [6.07, 6.45) is 2.07. The molecule has 1 aliphatic rings. The number of anilines is 2. The van der Waals surface area contributed by atoms with E-state index in [0.29, 0.717) is 33.1 Å². The lowest BCUT2D eigenvalue weighted by molar-refractivity contribution is 0.274. The van der Waals surface area contributed by atoms with Crippen LogP contribution in [0.1, 0.15) is 56.3 Å². The monoisotopic (exact) mass is 482 g/mol. The van der Waals surface area contributed by atoms with Gasteiger partial charge in [-0.1, -0.05) is 31.5 Å². The standard InChI is InChI=1S/C26H32BClN2O4/c1-15-12-19(17(3)29-22-7-6-18(28)14-21(22)27(32)33)24-20(13-15)23(31)16(2)25(34-24)30-10-8-26(4,5)9-11-30/h6-7,12-14,17,29,32-33H,8-11H2,1-5H3/t17-/m0/s1. The average Bonchev–Trinajstić information content (AvgIpc) is 2.77. The Hall–Kier alpha value is -2.48. The first-order chi connectivity index (χ1) is 16.0. The van der Waals surface area contributed by atoms with Crippen molar-refractivity contribution in [1.29, 1.82) is 0 Å². The second-order valence-electron chi connectivity index (χ2n) is 10.2. The first-order valence-corrected chi connectivity index (χ1v) is 12.1. The Balaban J connectivity index is 1.79.